The van der Waals surface area contributed by atoms with E-state index in [2.05, 4.69) is 22.6 Å². The van der Waals surface area contributed by atoms with E-state index in [1.807, 2.05) is 18.4 Å². The summed E-state index contributed by atoms with van der Waals surface area (Å²) in [5.41, 5.74) is 1.88. The van der Waals surface area contributed by atoms with Crippen LogP contribution in [0.1, 0.15) is 48.0 Å². The van der Waals surface area contributed by atoms with E-state index >= 15 is 0 Å². The van der Waals surface area contributed by atoms with Gasteiger partial charge in [-0.3, -0.25) is 4.79 Å². The Balaban J connectivity index is 1.48. The molecule has 0 bridgehead atoms. The van der Waals surface area contributed by atoms with E-state index in [1.165, 1.54) is 30.6 Å². The largest absolute Gasteiger partial charge is 0.376 e. The lowest BCUT2D eigenvalue weighted by atomic mass is 9.88. The second-order valence-electron chi connectivity index (χ2n) is 6.37. The molecule has 1 aliphatic carbocycles. The van der Waals surface area contributed by atoms with Gasteiger partial charge < -0.3 is 10.1 Å². The fourth-order valence-electron chi connectivity index (χ4n) is 3.10. The first-order chi connectivity index (χ1) is 11.6. The standard InChI is InChI=1S/C18H24N2O2S2/c1-12-5-3-4-6-15(12)22-9-8-19-17(21)16-13(2)20-18(24-16)14-7-10-23-11-14/h7,10-12,15H,3-6,8-9H2,1-2H3,(H,19,21). The molecule has 2 unspecified atom stereocenters. The number of amides is 1. The van der Waals surface area contributed by atoms with Crippen molar-refractivity contribution in [2.75, 3.05) is 13.2 Å². The summed E-state index contributed by atoms with van der Waals surface area (Å²) in [4.78, 5) is 17.6. The monoisotopic (exact) mass is 364 g/mol. The zero-order valence-electron chi connectivity index (χ0n) is 14.2. The summed E-state index contributed by atoms with van der Waals surface area (Å²) in [5, 5.41) is 7.95. The Morgan fingerprint density at radius 1 is 1.42 bits per heavy atom. The zero-order chi connectivity index (χ0) is 16.9. The van der Waals surface area contributed by atoms with Crippen LogP contribution < -0.4 is 5.32 Å². The number of thiophene rings is 1. The van der Waals surface area contributed by atoms with Gasteiger partial charge in [0.2, 0.25) is 0 Å². The highest BCUT2D eigenvalue weighted by molar-refractivity contribution is 7.17. The van der Waals surface area contributed by atoms with Crippen LogP contribution in [-0.2, 0) is 4.74 Å². The van der Waals surface area contributed by atoms with Crippen molar-refractivity contribution >= 4 is 28.6 Å². The first-order valence-corrected chi connectivity index (χ1v) is 10.3. The van der Waals surface area contributed by atoms with Crippen molar-refractivity contribution in [2.24, 2.45) is 5.92 Å². The van der Waals surface area contributed by atoms with Gasteiger partial charge in [0, 0.05) is 17.5 Å². The van der Waals surface area contributed by atoms with Gasteiger partial charge in [-0.25, -0.2) is 4.98 Å². The van der Waals surface area contributed by atoms with Crippen LogP contribution in [0.15, 0.2) is 16.8 Å². The van der Waals surface area contributed by atoms with Crippen LogP contribution in [0.25, 0.3) is 10.6 Å². The number of aryl methyl sites for hydroxylation is 1. The number of hydrogen-bond acceptors (Lipinski definition) is 5. The number of carbonyl (C=O) groups excluding carboxylic acids is 1. The SMILES string of the molecule is Cc1nc(-c2ccsc2)sc1C(=O)NCCOC1CCCCC1C. The first-order valence-electron chi connectivity index (χ1n) is 8.55. The maximum atomic E-state index is 12.4. The molecule has 6 heteroatoms. The lowest BCUT2D eigenvalue weighted by Crippen LogP contribution is -2.31. The fourth-order valence-corrected chi connectivity index (χ4v) is 4.80. The third kappa shape index (κ3) is 4.23. The van der Waals surface area contributed by atoms with E-state index in [0.29, 0.717) is 30.1 Å². The first kappa shape index (κ1) is 17.6. The van der Waals surface area contributed by atoms with Gasteiger partial charge in [0.15, 0.2) is 0 Å². The van der Waals surface area contributed by atoms with Gasteiger partial charge in [0.1, 0.15) is 9.88 Å². The van der Waals surface area contributed by atoms with Crippen molar-refractivity contribution in [1.82, 2.24) is 10.3 Å². The summed E-state index contributed by atoms with van der Waals surface area (Å²) in [5.74, 6) is 0.582. The van der Waals surface area contributed by atoms with Crippen LogP contribution in [0.2, 0.25) is 0 Å². The molecule has 1 aliphatic rings. The van der Waals surface area contributed by atoms with E-state index in [1.54, 1.807) is 11.3 Å². The Morgan fingerprint density at radius 3 is 3.00 bits per heavy atom. The van der Waals surface area contributed by atoms with Crippen LogP contribution in [0, 0.1) is 12.8 Å². The Labute approximate surface area is 151 Å². The third-order valence-corrected chi connectivity index (χ3v) is 6.41. The molecular weight excluding hydrogens is 340 g/mol. The summed E-state index contributed by atoms with van der Waals surface area (Å²) >= 11 is 3.09. The summed E-state index contributed by atoms with van der Waals surface area (Å²) in [6, 6.07) is 2.03. The second kappa shape index (κ2) is 8.23. The van der Waals surface area contributed by atoms with Crippen molar-refractivity contribution < 1.29 is 9.53 Å². The predicted molar refractivity (Wildman–Crippen MR) is 99.9 cm³/mol. The number of nitrogens with zero attached hydrogens (tertiary/aromatic N) is 1. The van der Waals surface area contributed by atoms with Crippen molar-refractivity contribution in [3.05, 3.63) is 27.4 Å². The molecule has 0 radical (unpaired) electrons. The Kier molecular flexibility index (Phi) is 6.03. The van der Waals surface area contributed by atoms with E-state index in [0.717, 1.165) is 22.7 Å². The minimum Gasteiger partial charge on any atom is -0.376 e. The molecule has 2 aromatic heterocycles. The Bertz CT molecular complexity index is 667. The second-order valence-corrected chi connectivity index (χ2v) is 8.15. The molecule has 1 fully saturated rings. The smallest absolute Gasteiger partial charge is 0.263 e. The number of hydrogen-bond donors (Lipinski definition) is 1. The minimum atomic E-state index is -0.0493. The van der Waals surface area contributed by atoms with Crippen LogP contribution in [0.4, 0.5) is 0 Å². The number of aromatic nitrogens is 1. The predicted octanol–water partition coefficient (Wildman–Crippen LogP) is 4.51. The molecule has 24 heavy (non-hydrogen) atoms. The van der Waals surface area contributed by atoms with E-state index in [9.17, 15) is 4.79 Å². The molecular formula is C18H24N2O2S2. The molecule has 0 aromatic carbocycles. The average Bonchev–Trinajstić information content (AvgIpc) is 3.22. The number of nitrogens with one attached hydrogen (secondary N) is 1. The molecule has 2 aromatic rings. The van der Waals surface area contributed by atoms with Crippen molar-refractivity contribution in [2.45, 2.75) is 45.6 Å². The summed E-state index contributed by atoms with van der Waals surface area (Å²) in [7, 11) is 0. The van der Waals surface area contributed by atoms with Crippen molar-refractivity contribution in [3.8, 4) is 10.6 Å². The average molecular weight is 365 g/mol. The van der Waals surface area contributed by atoms with Crippen LogP contribution in [0.3, 0.4) is 0 Å². The summed E-state index contributed by atoms with van der Waals surface area (Å²) in [6.07, 6.45) is 5.32. The highest BCUT2D eigenvalue weighted by Crippen LogP contribution is 2.29. The molecule has 1 amide bonds. The third-order valence-electron chi connectivity index (χ3n) is 4.52. The van der Waals surface area contributed by atoms with Gasteiger partial charge in [-0.1, -0.05) is 19.8 Å². The molecule has 1 N–H and O–H groups in total. The molecule has 2 heterocycles. The molecule has 0 saturated heterocycles. The minimum absolute atomic E-state index is 0.0493. The van der Waals surface area contributed by atoms with E-state index < -0.39 is 0 Å². The quantitative estimate of drug-likeness (QED) is 0.768. The van der Waals surface area contributed by atoms with Gasteiger partial charge in [-0.05, 0) is 37.1 Å². The molecule has 130 valence electrons. The highest BCUT2D eigenvalue weighted by Gasteiger charge is 2.22. The highest BCUT2D eigenvalue weighted by atomic mass is 32.1. The van der Waals surface area contributed by atoms with Crippen LogP contribution in [-0.4, -0.2) is 30.1 Å². The van der Waals surface area contributed by atoms with Gasteiger partial charge in [-0.2, -0.15) is 11.3 Å². The zero-order valence-corrected chi connectivity index (χ0v) is 15.8. The van der Waals surface area contributed by atoms with Gasteiger partial charge in [0.25, 0.3) is 5.91 Å². The Morgan fingerprint density at radius 2 is 2.25 bits per heavy atom. The Hall–Kier alpha value is -1.24. The maximum Gasteiger partial charge on any atom is 0.263 e. The van der Waals surface area contributed by atoms with Gasteiger partial charge in [0.05, 0.1) is 18.4 Å². The van der Waals surface area contributed by atoms with E-state index in [-0.39, 0.29) is 5.91 Å². The number of thiazole rings is 1. The van der Waals surface area contributed by atoms with Crippen LogP contribution >= 0.6 is 22.7 Å². The lowest BCUT2D eigenvalue weighted by Gasteiger charge is -2.28. The molecule has 4 nitrogen and oxygen atoms in total. The van der Waals surface area contributed by atoms with Gasteiger partial charge in [-0.15, -0.1) is 11.3 Å². The molecule has 1 saturated carbocycles. The fraction of sp³-hybridized carbons (Fsp3) is 0.556. The number of carbonyl (C=O) groups is 1. The molecule has 3 rings (SSSR count). The maximum absolute atomic E-state index is 12.4. The molecule has 2 atom stereocenters. The van der Waals surface area contributed by atoms with Crippen molar-refractivity contribution in [3.63, 3.8) is 0 Å². The number of rotatable bonds is 6. The van der Waals surface area contributed by atoms with Gasteiger partial charge >= 0.3 is 0 Å². The lowest BCUT2D eigenvalue weighted by molar-refractivity contribution is -0.00293. The summed E-state index contributed by atoms with van der Waals surface area (Å²) in [6.45, 7) is 5.28. The van der Waals surface area contributed by atoms with E-state index in [4.69, 9.17) is 4.74 Å². The summed E-state index contributed by atoms with van der Waals surface area (Å²) < 4.78 is 5.95. The topological polar surface area (TPSA) is 51.2 Å². The van der Waals surface area contributed by atoms with Crippen molar-refractivity contribution in [1.29, 1.82) is 0 Å². The number of ether oxygens (including phenoxy) is 1. The molecule has 0 spiro atoms. The normalized spacial score (nSPS) is 20.9. The molecule has 0 aliphatic heterocycles. The van der Waals surface area contributed by atoms with Crippen LogP contribution in [0.5, 0.6) is 0 Å².